The SMILES string of the molecule is Cc1noc(C)c1-c1ccc2c(c1)nc(C1CCOC(=O)N1c1ccc(F)c(F)c1)n2C1CCC(OC(F)F)CC1. The summed E-state index contributed by atoms with van der Waals surface area (Å²) in [5.41, 5.74) is 4.06. The van der Waals surface area contributed by atoms with Crippen LogP contribution >= 0.6 is 0 Å². The van der Waals surface area contributed by atoms with E-state index in [1.165, 1.54) is 11.0 Å². The normalized spacial score (nSPS) is 21.6. The van der Waals surface area contributed by atoms with Crippen molar-refractivity contribution in [2.45, 2.75) is 70.8 Å². The summed E-state index contributed by atoms with van der Waals surface area (Å²) in [4.78, 5) is 19.4. The van der Waals surface area contributed by atoms with Gasteiger partial charge in [0.1, 0.15) is 17.6 Å². The van der Waals surface area contributed by atoms with Crippen molar-refractivity contribution in [1.82, 2.24) is 14.7 Å². The highest BCUT2D eigenvalue weighted by Crippen LogP contribution is 2.41. The molecule has 2 aromatic carbocycles. The average molecular weight is 573 g/mol. The number of carbonyl (C=O) groups excluding carboxylic acids is 1. The van der Waals surface area contributed by atoms with Crippen LogP contribution in [0.4, 0.5) is 28.0 Å². The molecule has 0 radical (unpaired) electrons. The number of carbonyl (C=O) groups is 1. The molecule has 1 aliphatic carbocycles. The van der Waals surface area contributed by atoms with E-state index in [-0.39, 0.29) is 18.3 Å². The number of benzene rings is 2. The van der Waals surface area contributed by atoms with Crippen LogP contribution in [-0.4, -0.2) is 40.1 Å². The lowest BCUT2D eigenvalue weighted by Crippen LogP contribution is -2.42. The Hall–Kier alpha value is -3.93. The molecule has 1 unspecified atom stereocenters. The van der Waals surface area contributed by atoms with Crippen molar-refractivity contribution in [3.05, 3.63) is 65.3 Å². The van der Waals surface area contributed by atoms with Crippen LogP contribution < -0.4 is 4.90 Å². The van der Waals surface area contributed by atoms with Gasteiger partial charge in [-0.2, -0.15) is 8.78 Å². The van der Waals surface area contributed by atoms with E-state index >= 15 is 0 Å². The maximum atomic E-state index is 14.2. The number of cyclic esters (lactones) is 1. The number of fused-ring (bicyclic) bond motifs is 1. The molecular formula is C29H28F4N4O4. The summed E-state index contributed by atoms with van der Waals surface area (Å²) < 4.78 is 71.2. The number of anilines is 1. The second-order valence-electron chi connectivity index (χ2n) is 10.5. The number of aromatic nitrogens is 3. The standard InChI is InChI=1S/C29H28F4N4O4/c1-15-26(16(2)41-35-15)17-3-10-24-23(13-17)34-27(36(24)18-4-7-20(8-5-18)40-28(32)33)25-11-12-39-29(38)37(25)19-6-9-21(30)22(31)14-19/h3,6,9-10,13-14,18,20,25,28H,4-5,7-8,11-12H2,1-2H3. The minimum atomic E-state index is -2.83. The molecule has 1 aliphatic heterocycles. The lowest BCUT2D eigenvalue weighted by Gasteiger charge is -2.37. The summed E-state index contributed by atoms with van der Waals surface area (Å²) in [7, 11) is 0. The number of alkyl halides is 2. The number of rotatable bonds is 6. The molecule has 0 bridgehead atoms. The molecule has 216 valence electrons. The molecule has 2 aliphatic rings. The second kappa shape index (κ2) is 10.8. The molecule has 0 N–H and O–H groups in total. The molecule has 1 amide bonds. The van der Waals surface area contributed by atoms with E-state index in [9.17, 15) is 22.4 Å². The Labute approximate surface area is 232 Å². The Morgan fingerprint density at radius 2 is 1.78 bits per heavy atom. The van der Waals surface area contributed by atoms with Gasteiger partial charge >= 0.3 is 12.7 Å². The number of amides is 1. The first-order valence-electron chi connectivity index (χ1n) is 13.5. The molecule has 41 heavy (non-hydrogen) atoms. The molecule has 6 rings (SSSR count). The summed E-state index contributed by atoms with van der Waals surface area (Å²) in [5.74, 6) is -0.902. The van der Waals surface area contributed by atoms with Gasteiger partial charge in [0.15, 0.2) is 11.6 Å². The van der Waals surface area contributed by atoms with Crippen molar-refractivity contribution in [3.63, 3.8) is 0 Å². The van der Waals surface area contributed by atoms with Gasteiger partial charge in [-0.1, -0.05) is 11.2 Å². The molecule has 0 spiro atoms. The first-order chi connectivity index (χ1) is 19.7. The van der Waals surface area contributed by atoms with Crippen LogP contribution in [0.5, 0.6) is 0 Å². The molecular weight excluding hydrogens is 544 g/mol. The summed E-state index contributed by atoms with van der Waals surface area (Å²) in [6.07, 6.45) is 1.10. The van der Waals surface area contributed by atoms with Crippen LogP contribution in [0, 0.1) is 25.5 Å². The number of hydrogen-bond acceptors (Lipinski definition) is 6. The Morgan fingerprint density at radius 3 is 2.46 bits per heavy atom. The molecule has 8 nitrogen and oxygen atoms in total. The maximum absolute atomic E-state index is 14.2. The highest BCUT2D eigenvalue weighted by molar-refractivity contribution is 5.90. The van der Waals surface area contributed by atoms with E-state index in [4.69, 9.17) is 19.0 Å². The lowest BCUT2D eigenvalue weighted by molar-refractivity contribution is -0.171. The quantitative estimate of drug-likeness (QED) is 0.224. The van der Waals surface area contributed by atoms with E-state index in [0.717, 1.165) is 34.5 Å². The Bertz CT molecular complexity index is 1580. The first-order valence-corrected chi connectivity index (χ1v) is 13.5. The minimum Gasteiger partial charge on any atom is -0.449 e. The van der Waals surface area contributed by atoms with Crippen molar-refractivity contribution in [1.29, 1.82) is 0 Å². The van der Waals surface area contributed by atoms with E-state index in [1.807, 2.05) is 32.0 Å². The van der Waals surface area contributed by atoms with Crippen LogP contribution in [0.25, 0.3) is 22.2 Å². The monoisotopic (exact) mass is 572 g/mol. The Balaban J connectivity index is 1.47. The Morgan fingerprint density at radius 1 is 1.00 bits per heavy atom. The fraction of sp³-hybridized carbons (Fsp3) is 0.414. The second-order valence-corrected chi connectivity index (χ2v) is 10.5. The van der Waals surface area contributed by atoms with Crippen molar-refractivity contribution in [3.8, 4) is 11.1 Å². The van der Waals surface area contributed by atoms with Gasteiger partial charge < -0.3 is 18.6 Å². The van der Waals surface area contributed by atoms with Gasteiger partial charge in [-0.15, -0.1) is 0 Å². The molecule has 1 saturated carbocycles. The predicted octanol–water partition coefficient (Wildman–Crippen LogP) is 7.40. The Kier molecular flexibility index (Phi) is 7.18. The molecule has 3 heterocycles. The summed E-state index contributed by atoms with van der Waals surface area (Å²) >= 11 is 0. The first kappa shape index (κ1) is 27.3. The van der Waals surface area contributed by atoms with E-state index in [2.05, 4.69) is 9.72 Å². The molecule has 12 heteroatoms. The van der Waals surface area contributed by atoms with Crippen LogP contribution in [0.15, 0.2) is 40.9 Å². The van der Waals surface area contributed by atoms with Gasteiger partial charge in [-0.25, -0.2) is 18.6 Å². The third-order valence-corrected chi connectivity index (χ3v) is 7.95. The van der Waals surface area contributed by atoms with E-state index < -0.39 is 36.5 Å². The van der Waals surface area contributed by atoms with Gasteiger partial charge in [0, 0.05) is 24.1 Å². The van der Waals surface area contributed by atoms with Gasteiger partial charge in [0.2, 0.25) is 0 Å². The average Bonchev–Trinajstić information content (AvgIpc) is 3.49. The third-order valence-electron chi connectivity index (χ3n) is 7.95. The summed E-state index contributed by atoms with van der Waals surface area (Å²) in [6, 6.07) is 8.32. The number of ether oxygens (including phenoxy) is 2. The van der Waals surface area contributed by atoms with Crippen LogP contribution in [0.3, 0.4) is 0 Å². The van der Waals surface area contributed by atoms with E-state index in [1.54, 1.807) is 0 Å². The summed E-state index contributed by atoms with van der Waals surface area (Å²) in [5, 5.41) is 4.05. The zero-order valence-electron chi connectivity index (χ0n) is 22.4. The van der Waals surface area contributed by atoms with Gasteiger partial charge in [0.05, 0.1) is 35.1 Å². The maximum Gasteiger partial charge on any atom is 0.414 e. The number of nitrogens with zero attached hydrogens (tertiary/aromatic N) is 4. The molecule has 1 atom stereocenters. The minimum absolute atomic E-state index is 0.109. The number of hydrogen-bond donors (Lipinski definition) is 0. The number of imidazole rings is 1. The van der Waals surface area contributed by atoms with Gasteiger partial charge in [-0.3, -0.25) is 4.90 Å². The smallest absolute Gasteiger partial charge is 0.414 e. The zero-order valence-corrected chi connectivity index (χ0v) is 22.4. The molecule has 2 aromatic heterocycles. The highest BCUT2D eigenvalue weighted by Gasteiger charge is 2.38. The van der Waals surface area contributed by atoms with Crippen LogP contribution in [0.1, 0.15) is 61.5 Å². The van der Waals surface area contributed by atoms with Crippen molar-refractivity contribution < 1.29 is 36.4 Å². The predicted molar refractivity (Wildman–Crippen MR) is 141 cm³/mol. The number of aryl methyl sites for hydroxylation is 2. The van der Waals surface area contributed by atoms with E-state index in [0.29, 0.717) is 49.2 Å². The molecule has 2 fully saturated rings. The largest absolute Gasteiger partial charge is 0.449 e. The molecule has 4 aromatic rings. The van der Waals surface area contributed by atoms with Crippen molar-refractivity contribution >= 4 is 22.8 Å². The highest BCUT2D eigenvalue weighted by atomic mass is 19.3. The lowest BCUT2D eigenvalue weighted by atomic mass is 9.92. The molecule has 1 saturated heterocycles. The van der Waals surface area contributed by atoms with Gasteiger partial charge in [0.25, 0.3) is 0 Å². The fourth-order valence-corrected chi connectivity index (χ4v) is 6.12. The fourth-order valence-electron chi connectivity index (χ4n) is 6.12. The summed E-state index contributed by atoms with van der Waals surface area (Å²) in [6.45, 7) is 0.970. The third kappa shape index (κ3) is 5.05. The van der Waals surface area contributed by atoms with Gasteiger partial charge in [-0.05, 0) is 69.4 Å². The van der Waals surface area contributed by atoms with Crippen molar-refractivity contribution in [2.24, 2.45) is 0 Å². The number of halogens is 4. The van der Waals surface area contributed by atoms with Crippen molar-refractivity contribution in [2.75, 3.05) is 11.5 Å². The van der Waals surface area contributed by atoms with Crippen LogP contribution in [-0.2, 0) is 9.47 Å². The van der Waals surface area contributed by atoms with Crippen LogP contribution in [0.2, 0.25) is 0 Å². The topological polar surface area (TPSA) is 82.6 Å². The zero-order chi connectivity index (χ0) is 28.8.